The third-order valence-electron chi connectivity index (χ3n) is 4.16. The highest BCUT2D eigenvalue weighted by atomic mass is 35.5. The highest BCUT2D eigenvalue weighted by Gasteiger charge is 2.03. The summed E-state index contributed by atoms with van der Waals surface area (Å²) in [6, 6.07) is 16.9. The van der Waals surface area contributed by atoms with Gasteiger partial charge in [-0.3, -0.25) is 9.59 Å². The van der Waals surface area contributed by atoms with E-state index in [1.807, 2.05) is 0 Å². The van der Waals surface area contributed by atoms with Gasteiger partial charge in [0.25, 0.3) is 0 Å². The molecule has 0 saturated heterocycles. The van der Waals surface area contributed by atoms with Gasteiger partial charge in [0.1, 0.15) is 0 Å². The minimum atomic E-state index is -0.308. The summed E-state index contributed by atoms with van der Waals surface area (Å²) in [4.78, 5) is 24.2. The molecule has 4 nitrogen and oxygen atoms in total. The number of benzene rings is 3. The van der Waals surface area contributed by atoms with Gasteiger partial charge < -0.3 is 10.6 Å². The lowest BCUT2D eigenvalue weighted by Crippen LogP contribution is -2.09. The molecular formula is C24H16Cl4N2O2. The van der Waals surface area contributed by atoms with Crippen molar-refractivity contribution >= 4 is 81.7 Å². The first-order valence-electron chi connectivity index (χ1n) is 9.28. The van der Waals surface area contributed by atoms with Crippen LogP contribution < -0.4 is 10.6 Å². The van der Waals surface area contributed by atoms with E-state index in [1.54, 1.807) is 72.8 Å². The number of halogens is 4. The van der Waals surface area contributed by atoms with Crippen molar-refractivity contribution in [2.45, 2.75) is 0 Å². The first-order chi connectivity index (χ1) is 15.3. The second kappa shape index (κ2) is 11.2. The molecule has 0 aromatic heterocycles. The number of hydrogen-bond acceptors (Lipinski definition) is 2. The number of hydrogen-bond donors (Lipinski definition) is 2. The summed E-state index contributed by atoms with van der Waals surface area (Å²) < 4.78 is 0. The highest BCUT2D eigenvalue weighted by Crippen LogP contribution is 2.24. The average molecular weight is 506 g/mol. The van der Waals surface area contributed by atoms with E-state index in [0.717, 1.165) is 11.1 Å². The maximum absolute atomic E-state index is 12.1. The zero-order chi connectivity index (χ0) is 23.1. The van der Waals surface area contributed by atoms with Gasteiger partial charge >= 0.3 is 0 Å². The SMILES string of the molecule is O=C(/C=C/c1ccc(Cl)c(Cl)c1)Nc1ccc(NC(=O)/C=C/c2ccc(Cl)c(Cl)c2)cc1. The summed E-state index contributed by atoms with van der Waals surface area (Å²) in [5.74, 6) is -0.616. The molecule has 0 aliphatic carbocycles. The minimum Gasteiger partial charge on any atom is -0.323 e. The lowest BCUT2D eigenvalue weighted by Gasteiger charge is -2.05. The topological polar surface area (TPSA) is 58.2 Å². The maximum atomic E-state index is 12.1. The number of rotatable bonds is 6. The van der Waals surface area contributed by atoms with Gasteiger partial charge in [-0.2, -0.15) is 0 Å². The van der Waals surface area contributed by atoms with Crippen molar-refractivity contribution in [3.8, 4) is 0 Å². The van der Waals surface area contributed by atoms with Crippen molar-refractivity contribution in [3.05, 3.63) is 104 Å². The van der Waals surface area contributed by atoms with Crippen LogP contribution in [0.1, 0.15) is 11.1 Å². The predicted octanol–water partition coefficient (Wildman–Crippen LogP) is 7.60. The molecule has 162 valence electrons. The zero-order valence-corrected chi connectivity index (χ0v) is 19.4. The fourth-order valence-electron chi connectivity index (χ4n) is 2.58. The van der Waals surface area contributed by atoms with E-state index >= 15 is 0 Å². The van der Waals surface area contributed by atoms with Crippen LogP contribution in [0.4, 0.5) is 11.4 Å². The molecule has 8 heteroatoms. The van der Waals surface area contributed by atoms with Crippen LogP contribution in [-0.4, -0.2) is 11.8 Å². The van der Waals surface area contributed by atoms with Crippen molar-refractivity contribution in [3.63, 3.8) is 0 Å². The standard InChI is InChI=1S/C24H16Cl4N2O2/c25-19-9-1-15(13-21(19)27)3-11-23(31)29-17-5-7-18(8-6-17)30-24(32)12-4-16-2-10-20(26)22(28)14-16/h1-14H,(H,29,31)(H,30,32)/b11-3+,12-4+. The molecule has 0 spiro atoms. The number of amides is 2. The Labute approximate surface area is 205 Å². The lowest BCUT2D eigenvalue weighted by molar-refractivity contribution is -0.112. The van der Waals surface area contributed by atoms with Crippen LogP contribution in [-0.2, 0) is 9.59 Å². The second-order valence-corrected chi connectivity index (χ2v) is 8.20. The Bertz CT molecular complexity index is 1110. The van der Waals surface area contributed by atoms with E-state index in [1.165, 1.54) is 12.2 Å². The van der Waals surface area contributed by atoms with Crippen LogP contribution in [0, 0.1) is 0 Å². The Morgan fingerprint density at radius 2 is 0.938 bits per heavy atom. The number of carbonyl (C=O) groups is 2. The molecule has 2 amide bonds. The van der Waals surface area contributed by atoms with Gasteiger partial charge in [0.05, 0.1) is 20.1 Å². The van der Waals surface area contributed by atoms with Gasteiger partial charge in [0, 0.05) is 23.5 Å². The molecule has 3 aromatic carbocycles. The smallest absolute Gasteiger partial charge is 0.248 e. The van der Waals surface area contributed by atoms with Crippen molar-refractivity contribution in [2.75, 3.05) is 10.6 Å². The van der Waals surface area contributed by atoms with Crippen molar-refractivity contribution in [1.82, 2.24) is 0 Å². The molecule has 3 aromatic rings. The molecule has 0 fully saturated rings. The van der Waals surface area contributed by atoms with Gasteiger partial charge in [-0.1, -0.05) is 58.5 Å². The number of carbonyl (C=O) groups excluding carboxylic acids is 2. The molecule has 0 bridgehead atoms. The molecule has 0 radical (unpaired) electrons. The molecule has 2 N–H and O–H groups in total. The first kappa shape index (κ1) is 23.9. The summed E-state index contributed by atoms with van der Waals surface area (Å²) in [7, 11) is 0. The molecule has 0 aliphatic rings. The van der Waals surface area contributed by atoms with Crippen LogP contribution in [0.3, 0.4) is 0 Å². The third kappa shape index (κ3) is 7.14. The molecule has 32 heavy (non-hydrogen) atoms. The number of anilines is 2. The molecule has 0 atom stereocenters. The fraction of sp³-hybridized carbons (Fsp3) is 0. The van der Waals surface area contributed by atoms with Crippen molar-refractivity contribution in [2.24, 2.45) is 0 Å². The highest BCUT2D eigenvalue weighted by molar-refractivity contribution is 6.42. The van der Waals surface area contributed by atoms with E-state index in [0.29, 0.717) is 31.5 Å². The van der Waals surface area contributed by atoms with Crippen LogP contribution in [0.25, 0.3) is 12.2 Å². The molecule has 0 aliphatic heterocycles. The van der Waals surface area contributed by atoms with E-state index in [9.17, 15) is 9.59 Å². The molecule has 0 saturated carbocycles. The summed E-state index contributed by atoms with van der Waals surface area (Å²) in [5.41, 5.74) is 2.67. The minimum absolute atomic E-state index is 0.308. The van der Waals surface area contributed by atoms with E-state index in [4.69, 9.17) is 46.4 Å². The van der Waals surface area contributed by atoms with E-state index in [-0.39, 0.29) is 11.8 Å². The first-order valence-corrected chi connectivity index (χ1v) is 10.8. The maximum Gasteiger partial charge on any atom is 0.248 e. The van der Waals surface area contributed by atoms with Gasteiger partial charge in [-0.25, -0.2) is 0 Å². The normalized spacial score (nSPS) is 11.1. The molecular weight excluding hydrogens is 490 g/mol. The van der Waals surface area contributed by atoms with E-state index in [2.05, 4.69) is 10.6 Å². The predicted molar refractivity (Wildman–Crippen MR) is 135 cm³/mol. The summed E-state index contributed by atoms with van der Waals surface area (Å²) in [6.45, 7) is 0. The van der Waals surface area contributed by atoms with Crippen LogP contribution in [0.2, 0.25) is 20.1 Å². The zero-order valence-electron chi connectivity index (χ0n) is 16.4. The Hall–Kier alpha value is -2.76. The van der Waals surface area contributed by atoms with Crippen LogP contribution in [0.15, 0.2) is 72.8 Å². The monoisotopic (exact) mass is 504 g/mol. The lowest BCUT2D eigenvalue weighted by atomic mass is 10.2. The third-order valence-corrected chi connectivity index (χ3v) is 5.64. The van der Waals surface area contributed by atoms with Gasteiger partial charge in [-0.15, -0.1) is 0 Å². The Kier molecular flexibility index (Phi) is 8.37. The van der Waals surface area contributed by atoms with E-state index < -0.39 is 0 Å². The summed E-state index contributed by atoms with van der Waals surface area (Å²) in [6.07, 6.45) is 6.05. The van der Waals surface area contributed by atoms with Crippen molar-refractivity contribution in [1.29, 1.82) is 0 Å². The second-order valence-electron chi connectivity index (χ2n) is 6.57. The molecule has 0 unspecified atom stereocenters. The summed E-state index contributed by atoms with van der Waals surface area (Å²) in [5, 5.41) is 7.21. The largest absolute Gasteiger partial charge is 0.323 e. The van der Waals surface area contributed by atoms with Gasteiger partial charge in [-0.05, 0) is 71.8 Å². The molecule has 3 rings (SSSR count). The van der Waals surface area contributed by atoms with Gasteiger partial charge in [0.15, 0.2) is 0 Å². The fourth-order valence-corrected chi connectivity index (χ4v) is 3.19. The Morgan fingerprint density at radius 1 is 0.562 bits per heavy atom. The van der Waals surface area contributed by atoms with Crippen molar-refractivity contribution < 1.29 is 9.59 Å². The van der Waals surface area contributed by atoms with Gasteiger partial charge in [0.2, 0.25) is 11.8 Å². The van der Waals surface area contributed by atoms with Crippen LogP contribution in [0.5, 0.6) is 0 Å². The summed E-state index contributed by atoms with van der Waals surface area (Å²) >= 11 is 23.7. The van der Waals surface area contributed by atoms with Crippen LogP contribution >= 0.6 is 46.4 Å². The Morgan fingerprint density at radius 3 is 1.28 bits per heavy atom. The number of nitrogens with one attached hydrogen (secondary N) is 2. The molecule has 0 heterocycles. The quantitative estimate of drug-likeness (QED) is 0.339. The Balaban J connectivity index is 1.53. The average Bonchev–Trinajstić information content (AvgIpc) is 2.77.